The summed E-state index contributed by atoms with van der Waals surface area (Å²) >= 11 is 0. The summed E-state index contributed by atoms with van der Waals surface area (Å²) in [5.74, 6) is -1.19. The molecule has 2 amide bonds. The van der Waals surface area contributed by atoms with Crippen molar-refractivity contribution in [1.82, 2.24) is 4.90 Å². The molecule has 2 aromatic rings. The third-order valence-corrected chi connectivity index (χ3v) is 4.28. The number of anilines is 1. The van der Waals surface area contributed by atoms with Gasteiger partial charge in [0.15, 0.2) is 6.61 Å². The fourth-order valence-electron chi connectivity index (χ4n) is 2.74. The lowest BCUT2D eigenvalue weighted by Gasteiger charge is -2.23. The molecular formula is C21H21N3O4. The molecule has 0 aromatic heterocycles. The fourth-order valence-corrected chi connectivity index (χ4v) is 2.74. The van der Waals surface area contributed by atoms with Crippen molar-refractivity contribution in [3.8, 4) is 0 Å². The lowest BCUT2D eigenvalue weighted by Crippen LogP contribution is -2.36. The Hall–Kier alpha value is -3.48. The summed E-state index contributed by atoms with van der Waals surface area (Å²) in [7, 11) is 1.65. The van der Waals surface area contributed by atoms with Crippen LogP contribution in [0.15, 0.2) is 65.8 Å². The van der Waals surface area contributed by atoms with Crippen LogP contribution in [0.25, 0.3) is 0 Å². The molecule has 0 unspecified atom stereocenters. The Balaban J connectivity index is 1.58. The number of hydrogen-bond acceptors (Lipinski definition) is 5. The van der Waals surface area contributed by atoms with Crippen molar-refractivity contribution < 1.29 is 19.1 Å². The van der Waals surface area contributed by atoms with Crippen LogP contribution in [-0.4, -0.2) is 42.0 Å². The number of amides is 2. The summed E-state index contributed by atoms with van der Waals surface area (Å²) in [5, 5.41) is 5.32. The second-order valence-electron chi connectivity index (χ2n) is 6.40. The van der Waals surface area contributed by atoms with Gasteiger partial charge in [0.1, 0.15) is 5.71 Å². The van der Waals surface area contributed by atoms with Gasteiger partial charge in [-0.1, -0.05) is 48.5 Å². The Labute approximate surface area is 163 Å². The summed E-state index contributed by atoms with van der Waals surface area (Å²) in [6.07, 6.45) is 0.347. The quantitative estimate of drug-likeness (QED) is 0.722. The number of likely N-dealkylation sites (N-methyl/N-ethyl adjacent to an activating group) is 1. The zero-order valence-electron chi connectivity index (χ0n) is 15.6. The smallest absolute Gasteiger partial charge is 0.355 e. The monoisotopic (exact) mass is 379 g/mol. The summed E-state index contributed by atoms with van der Waals surface area (Å²) in [4.78, 5) is 38.1. The second kappa shape index (κ2) is 8.94. The number of rotatable bonds is 6. The van der Waals surface area contributed by atoms with Gasteiger partial charge in [0.2, 0.25) is 5.91 Å². The number of benzene rings is 2. The van der Waals surface area contributed by atoms with E-state index in [1.54, 1.807) is 31.3 Å². The third-order valence-electron chi connectivity index (χ3n) is 4.28. The number of hydrazone groups is 1. The highest BCUT2D eigenvalue weighted by Crippen LogP contribution is 2.20. The predicted octanol–water partition coefficient (Wildman–Crippen LogP) is 2.37. The summed E-state index contributed by atoms with van der Waals surface area (Å²) in [5.41, 5.74) is 1.69. The Morgan fingerprint density at radius 3 is 2.36 bits per heavy atom. The molecule has 0 saturated carbocycles. The van der Waals surface area contributed by atoms with Crippen molar-refractivity contribution in [3.05, 3.63) is 66.2 Å². The van der Waals surface area contributed by atoms with E-state index in [1.165, 1.54) is 9.91 Å². The van der Waals surface area contributed by atoms with Crippen LogP contribution in [-0.2, 0) is 25.7 Å². The Morgan fingerprint density at radius 2 is 1.68 bits per heavy atom. The number of nitrogens with zero attached hydrogens (tertiary/aromatic N) is 3. The van der Waals surface area contributed by atoms with Gasteiger partial charge in [0, 0.05) is 26.4 Å². The van der Waals surface area contributed by atoms with Crippen LogP contribution >= 0.6 is 0 Å². The van der Waals surface area contributed by atoms with Gasteiger partial charge in [0.25, 0.3) is 5.91 Å². The maximum Gasteiger partial charge on any atom is 0.355 e. The Kier molecular flexibility index (Phi) is 6.16. The number of carbonyl (C=O) groups excluding carboxylic acids is 3. The van der Waals surface area contributed by atoms with Crippen molar-refractivity contribution in [2.75, 3.05) is 18.7 Å². The van der Waals surface area contributed by atoms with Crippen LogP contribution in [0, 0.1) is 0 Å². The van der Waals surface area contributed by atoms with E-state index in [2.05, 4.69) is 5.10 Å². The minimum Gasteiger partial charge on any atom is -0.451 e. The SMILES string of the molecule is CN(Cc1ccccc1)C(=O)COC(=O)C1=NN(c2ccccc2)C(=O)CC1. The van der Waals surface area contributed by atoms with Crippen LogP contribution in [0.5, 0.6) is 0 Å². The second-order valence-corrected chi connectivity index (χ2v) is 6.40. The molecule has 2 aromatic carbocycles. The fraction of sp³-hybridized carbons (Fsp3) is 0.238. The molecule has 3 rings (SSSR count). The molecule has 0 fully saturated rings. The molecular weight excluding hydrogens is 358 g/mol. The maximum absolute atomic E-state index is 12.3. The Bertz CT molecular complexity index is 881. The van der Waals surface area contributed by atoms with E-state index in [-0.39, 0.29) is 37.0 Å². The largest absolute Gasteiger partial charge is 0.451 e. The first-order chi connectivity index (χ1) is 13.5. The minimum absolute atomic E-state index is 0.127. The molecule has 1 heterocycles. The molecule has 1 aliphatic heterocycles. The molecule has 0 bridgehead atoms. The van der Waals surface area contributed by atoms with Crippen LogP contribution < -0.4 is 5.01 Å². The molecule has 0 N–H and O–H groups in total. The molecule has 0 atom stereocenters. The van der Waals surface area contributed by atoms with Gasteiger partial charge in [-0.15, -0.1) is 0 Å². The highest BCUT2D eigenvalue weighted by Gasteiger charge is 2.27. The van der Waals surface area contributed by atoms with Gasteiger partial charge in [0.05, 0.1) is 5.69 Å². The first-order valence-corrected chi connectivity index (χ1v) is 8.95. The molecule has 0 saturated heterocycles. The summed E-state index contributed by atoms with van der Waals surface area (Å²) < 4.78 is 5.12. The Morgan fingerprint density at radius 1 is 1.04 bits per heavy atom. The number of carbonyl (C=O) groups is 3. The van der Waals surface area contributed by atoms with Crippen LogP contribution in [0.4, 0.5) is 5.69 Å². The van der Waals surface area contributed by atoms with Gasteiger partial charge >= 0.3 is 5.97 Å². The first kappa shape index (κ1) is 19.3. The van der Waals surface area contributed by atoms with Gasteiger partial charge in [-0.2, -0.15) is 5.10 Å². The van der Waals surface area contributed by atoms with E-state index in [9.17, 15) is 14.4 Å². The van der Waals surface area contributed by atoms with Gasteiger partial charge in [-0.25, -0.2) is 9.80 Å². The van der Waals surface area contributed by atoms with Crippen molar-refractivity contribution in [2.24, 2.45) is 5.10 Å². The molecule has 0 aliphatic carbocycles. The van der Waals surface area contributed by atoms with Crippen LogP contribution in [0.2, 0.25) is 0 Å². The standard InChI is InChI=1S/C21H21N3O4/c1-23(14-16-8-4-2-5-9-16)20(26)15-28-21(27)18-12-13-19(25)24(22-18)17-10-6-3-7-11-17/h2-11H,12-15H2,1H3. The summed E-state index contributed by atoms with van der Waals surface area (Å²) in [6.45, 7) is 0.0505. The van der Waals surface area contributed by atoms with Crippen molar-refractivity contribution >= 4 is 29.2 Å². The van der Waals surface area contributed by atoms with Crippen molar-refractivity contribution in [3.63, 3.8) is 0 Å². The maximum atomic E-state index is 12.3. The number of hydrogen-bond donors (Lipinski definition) is 0. The van der Waals surface area contributed by atoms with E-state index in [0.29, 0.717) is 12.2 Å². The van der Waals surface area contributed by atoms with Crippen LogP contribution in [0.3, 0.4) is 0 Å². The predicted molar refractivity (Wildman–Crippen MR) is 104 cm³/mol. The average Bonchev–Trinajstić information content (AvgIpc) is 2.73. The molecule has 0 radical (unpaired) electrons. The molecule has 7 heteroatoms. The van der Waals surface area contributed by atoms with Crippen molar-refractivity contribution in [1.29, 1.82) is 0 Å². The van der Waals surface area contributed by atoms with Gasteiger partial charge in [-0.3, -0.25) is 9.59 Å². The minimum atomic E-state index is -0.685. The first-order valence-electron chi connectivity index (χ1n) is 8.95. The molecule has 28 heavy (non-hydrogen) atoms. The third kappa shape index (κ3) is 4.82. The lowest BCUT2D eigenvalue weighted by atomic mass is 10.1. The molecule has 0 spiro atoms. The molecule has 1 aliphatic rings. The lowest BCUT2D eigenvalue weighted by molar-refractivity contribution is -0.146. The van der Waals surface area contributed by atoms with E-state index in [4.69, 9.17) is 4.74 Å². The highest BCUT2D eigenvalue weighted by molar-refractivity contribution is 6.38. The van der Waals surface area contributed by atoms with Crippen LogP contribution in [0.1, 0.15) is 18.4 Å². The zero-order valence-corrected chi connectivity index (χ0v) is 15.6. The van der Waals surface area contributed by atoms with E-state index >= 15 is 0 Å². The zero-order chi connectivity index (χ0) is 19.9. The number of esters is 1. The van der Waals surface area contributed by atoms with E-state index in [0.717, 1.165) is 5.56 Å². The van der Waals surface area contributed by atoms with Gasteiger partial charge < -0.3 is 9.64 Å². The number of para-hydroxylation sites is 1. The van der Waals surface area contributed by atoms with Crippen molar-refractivity contribution in [2.45, 2.75) is 19.4 Å². The molecule has 144 valence electrons. The molecule has 7 nitrogen and oxygen atoms in total. The highest BCUT2D eigenvalue weighted by atomic mass is 16.5. The average molecular weight is 379 g/mol. The number of ether oxygens (including phenoxy) is 1. The van der Waals surface area contributed by atoms with Gasteiger partial charge in [-0.05, 0) is 17.7 Å². The normalized spacial score (nSPS) is 13.7. The topological polar surface area (TPSA) is 79.3 Å². The van der Waals surface area contributed by atoms with E-state index in [1.807, 2.05) is 36.4 Å². The van der Waals surface area contributed by atoms with E-state index < -0.39 is 5.97 Å². The summed E-state index contributed by atoms with van der Waals surface area (Å²) in [6, 6.07) is 18.4.